The van der Waals surface area contributed by atoms with E-state index < -0.39 is 6.10 Å². The van der Waals surface area contributed by atoms with Crippen LogP contribution in [0.1, 0.15) is 26.7 Å². The predicted molar refractivity (Wildman–Crippen MR) is 55.1 cm³/mol. The molecule has 4 nitrogen and oxygen atoms in total. The van der Waals surface area contributed by atoms with Crippen molar-refractivity contribution >= 4 is 5.91 Å². The maximum absolute atomic E-state index is 11.8. The molecule has 4 heteroatoms. The van der Waals surface area contributed by atoms with Crippen molar-refractivity contribution in [1.82, 2.24) is 4.90 Å². The fraction of sp³-hybridized carbons (Fsp3) is 0.909. The summed E-state index contributed by atoms with van der Waals surface area (Å²) >= 11 is 0. The third-order valence-electron chi connectivity index (χ3n) is 4.18. The van der Waals surface area contributed by atoms with Crippen molar-refractivity contribution in [1.29, 1.82) is 0 Å². The van der Waals surface area contributed by atoms with E-state index in [1.165, 1.54) is 0 Å². The number of piperidine rings is 1. The summed E-state index contributed by atoms with van der Waals surface area (Å²) in [6.45, 7) is 4.10. The number of hydrogen-bond acceptors (Lipinski definition) is 3. The zero-order chi connectivity index (χ0) is 11.2. The van der Waals surface area contributed by atoms with Crippen LogP contribution in [0.3, 0.4) is 0 Å². The van der Waals surface area contributed by atoms with Crippen molar-refractivity contribution in [3.8, 4) is 0 Å². The van der Waals surface area contributed by atoms with E-state index in [1.807, 2.05) is 6.92 Å². The van der Waals surface area contributed by atoms with Crippen LogP contribution in [0.4, 0.5) is 0 Å². The van der Waals surface area contributed by atoms with Gasteiger partial charge in [-0.2, -0.15) is 0 Å². The predicted octanol–water partition coefficient (Wildman–Crippen LogP) is -0.0150. The first-order valence-corrected chi connectivity index (χ1v) is 5.68. The topological polar surface area (TPSA) is 60.8 Å². The Hall–Kier alpha value is -0.610. The molecule has 2 aliphatic heterocycles. The van der Waals surface area contributed by atoms with Gasteiger partial charge in [0.25, 0.3) is 0 Å². The summed E-state index contributed by atoms with van der Waals surface area (Å²) < 4.78 is 0. The fourth-order valence-corrected chi connectivity index (χ4v) is 3.10. The molecule has 0 radical (unpaired) electrons. The molecule has 86 valence electrons. The Balaban J connectivity index is 2.30. The Morgan fingerprint density at radius 2 is 2.07 bits per heavy atom. The first kappa shape index (κ1) is 10.9. The van der Waals surface area contributed by atoms with Crippen LogP contribution in [-0.2, 0) is 4.79 Å². The molecule has 2 saturated heterocycles. The van der Waals surface area contributed by atoms with Gasteiger partial charge in [-0.3, -0.25) is 4.79 Å². The van der Waals surface area contributed by atoms with E-state index in [-0.39, 0.29) is 36.4 Å². The number of aliphatic hydroxyl groups excluding tert-OH is 2. The minimum Gasteiger partial charge on any atom is -0.394 e. The van der Waals surface area contributed by atoms with Gasteiger partial charge in [0.05, 0.1) is 24.8 Å². The number of rotatable bonds is 1. The average molecular weight is 213 g/mol. The summed E-state index contributed by atoms with van der Waals surface area (Å²) in [7, 11) is 0. The summed E-state index contributed by atoms with van der Waals surface area (Å²) in [6, 6.07) is -0.189. The Labute approximate surface area is 89.9 Å². The van der Waals surface area contributed by atoms with Gasteiger partial charge in [0, 0.05) is 6.42 Å². The fourth-order valence-electron chi connectivity index (χ4n) is 3.10. The van der Waals surface area contributed by atoms with Crippen LogP contribution in [0.5, 0.6) is 0 Å². The normalized spacial score (nSPS) is 45.7. The lowest BCUT2D eigenvalue weighted by atomic mass is 9.86. The molecule has 0 saturated carbocycles. The number of aliphatic hydroxyl groups is 2. The second-order valence-electron chi connectivity index (χ2n) is 4.87. The summed E-state index contributed by atoms with van der Waals surface area (Å²) in [6.07, 6.45) is 0.555. The van der Waals surface area contributed by atoms with Gasteiger partial charge in [-0.25, -0.2) is 0 Å². The quantitative estimate of drug-likeness (QED) is 0.644. The van der Waals surface area contributed by atoms with Gasteiger partial charge in [-0.1, -0.05) is 13.8 Å². The number of amides is 1. The van der Waals surface area contributed by atoms with Crippen molar-refractivity contribution in [3.63, 3.8) is 0 Å². The number of hydrogen-bond donors (Lipinski definition) is 2. The Kier molecular flexibility index (Phi) is 2.73. The van der Waals surface area contributed by atoms with Crippen LogP contribution in [0.2, 0.25) is 0 Å². The Morgan fingerprint density at radius 1 is 1.40 bits per heavy atom. The van der Waals surface area contributed by atoms with Crippen molar-refractivity contribution in [2.75, 3.05) is 6.61 Å². The summed E-state index contributed by atoms with van der Waals surface area (Å²) in [5.41, 5.74) is 0. The second kappa shape index (κ2) is 3.76. The third kappa shape index (κ3) is 1.47. The van der Waals surface area contributed by atoms with Crippen molar-refractivity contribution in [2.24, 2.45) is 11.8 Å². The van der Waals surface area contributed by atoms with Gasteiger partial charge in [0.15, 0.2) is 0 Å². The highest BCUT2D eigenvalue weighted by atomic mass is 16.3. The SMILES string of the molecule is C[C@@H]1C(CO)N2C(=O)CCC(O)C2[C@@H]1C. The van der Waals surface area contributed by atoms with Crippen molar-refractivity contribution in [3.05, 3.63) is 0 Å². The van der Waals surface area contributed by atoms with Gasteiger partial charge in [0.1, 0.15) is 0 Å². The molecule has 5 atom stereocenters. The van der Waals surface area contributed by atoms with Crippen LogP contribution >= 0.6 is 0 Å². The number of carbonyl (C=O) groups excluding carboxylic acids is 1. The molecule has 0 aromatic heterocycles. The summed E-state index contributed by atoms with van der Waals surface area (Å²) in [5.74, 6) is 0.610. The van der Waals surface area contributed by atoms with Crippen LogP contribution in [0.25, 0.3) is 0 Å². The molecule has 3 unspecified atom stereocenters. The molecule has 15 heavy (non-hydrogen) atoms. The maximum atomic E-state index is 11.8. The van der Waals surface area contributed by atoms with Crippen LogP contribution in [0.15, 0.2) is 0 Å². The molecule has 2 fully saturated rings. The van der Waals surface area contributed by atoms with Crippen LogP contribution in [0, 0.1) is 11.8 Å². The minimum atomic E-state index is -0.420. The maximum Gasteiger partial charge on any atom is 0.223 e. The smallest absolute Gasteiger partial charge is 0.223 e. The highest BCUT2D eigenvalue weighted by Gasteiger charge is 2.50. The lowest BCUT2D eigenvalue weighted by Crippen LogP contribution is -2.52. The van der Waals surface area contributed by atoms with E-state index in [0.717, 1.165) is 0 Å². The molecule has 0 aromatic rings. The molecule has 0 aliphatic carbocycles. The zero-order valence-corrected chi connectivity index (χ0v) is 9.26. The molecule has 0 spiro atoms. The summed E-state index contributed by atoms with van der Waals surface area (Å²) in [5, 5.41) is 19.2. The van der Waals surface area contributed by atoms with E-state index >= 15 is 0 Å². The molecule has 2 aliphatic rings. The third-order valence-corrected chi connectivity index (χ3v) is 4.18. The first-order valence-electron chi connectivity index (χ1n) is 5.68. The Morgan fingerprint density at radius 3 is 2.67 bits per heavy atom. The zero-order valence-electron chi connectivity index (χ0n) is 9.26. The average Bonchev–Trinajstić information content (AvgIpc) is 2.47. The van der Waals surface area contributed by atoms with E-state index in [2.05, 4.69) is 6.92 Å². The largest absolute Gasteiger partial charge is 0.394 e. The molecule has 2 N–H and O–H groups in total. The number of nitrogens with zero attached hydrogens (tertiary/aromatic N) is 1. The molecule has 0 bridgehead atoms. The monoisotopic (exact) mass is 213 g/mol. The molecule has 2 rings (SSSR count). The van der Waals surface area contributed by atoms with Gasteiger partial charge in [0.2, 0.25) is 5.91 Å². The molecular formula is C11H19NO3. The molecule has 1 amide bonds. The van der Waals surface area contributed by atoms with Crippen molar-refractivity contribution < 1.29 is 15.0 Å². The highest BCUT2D eigenvalue weighted by molar-refractivity contribution is 5.78. The van der Waals surface area contributed by atoms with Gasteiger partial charge in [-0.15, -0.1) is 0 Å². The molecule has 2 heterocycles. The lowest BCUT2D eigenvalue weighted by molar-refractivity contribution is -0.143. The van der Waals surface area contributed by atoms with Gasteiger partial charge < -0.3 is 15.1 Å². The van der Waals surface area contributed by atoms with E-state index in [0.29, 0.717) is 12.8 Å². The van der Waals surface area contributed by atoms with Crippen molar-refractivity contribution in [2.45, 2.75) is 44.9 Å². The standard InChI is InChI=1S/C11H19NO3/c1-6-7(2)11-9(14)3-4-10(15)12(11)8(6)5-13/h6-9,11,13-14H,3-5H2,1-2H3/t6-,7+,8?,9?,11?/m0/s1. The van der Waals surface area contributed by atoms with Gasteiger partial charge >= 0.3 is 0 Å². The highest BCUT2D eigenvalue weighted by Crippen LogP contribution is 2.40. The van der Waals surface area contributed by atoms with E-state index in [4.69, 9.17) is 0 Å². The number of carbonyl (C=O) groups is 1. The molecular weight excluding hydrogens is 194 g/mol. The van der Waals surface area contributed by atoms with Gasteiger partial charge in [-0.05, 0) is 18.3 Å². The first-order chi connectivity index (χ1) is 7.07. The number of fused-ring (bicyclic) bond motifs is 1. The van der Waals surface area contributed by atoms with Crippen LogP contribution in [-0.4, -0.2) is 45.8 Å². The van der Waals surface area contributed by atoms with E-state index in [9.17, 15) is 15.0 Å². The molecule has 0 aromatic carbocycles. The van der Waals surface area contributed by atoms with Crippen LogP contribution < -0.4 is 0 Å². The minimum absolute atomic E-state index is 0.000463. The second-order valence-corrected chi connectivity index (χ2v) is 4.87. The summed E-state index contributed by atoms with van der Waals surface area (Å²) in [4.78, 5) is 13.5. The lowest BCUT2D eigenvalue weighted by Gasteiger charge is -2.37. The van der Waals surface area contributed by atoms with E-state index in [1.54, 1.807) is 4.90 Å². The Bertz CT molecular complexity index is 269.